The van der Waals surface area contributed by atoms with Gasteiger partial charge in [0.15, 0.2) is 0 Å². The Morgan fingerprint density at radius 1 is 1.18 bits per heavy atom. The number of ether oxygens (including phenoxy) is 1. The number of carbonyl (C=O) groups excluding carboxylic acids is 2. The third kappa shape index (κ3) is 4.33. The van der Waals surface area contributed by atoms with Gasteiger partial charge in [-0.15, -0.1) is 11.3 Å². The number of ketones is 1. The Morgan fingerprint density at radius 3 is 2.50 bits per heavy atom. The number of hydrogen-bond acceptors (Lipinski definition) is 6. The van der Waals surface area contributed by atoms with Gasteiger partial charge in [-0.3, -0.25) is 14.5 Å². The molecule has 0 saturated carbocycles. The topological polar surface area (TPSA) is 90.6 Å². The van der Waals surface area contributed by atoms with Gasteiger partial charge in [0.25, 0.3) is 11.7 Å². The maximum atomic E-state index is 13.2. The molecular weight excluding hydrogens is 448 g/mol. The molecule has 0 bridgehead atoms. The van der Waals surface area contributed by atoms with E-state index in [0.29, 0.717) is 35.1 Å². The Kier molecular flexibility index (Phi) is 6.53. The molecular formula is C27H24N2O4S. The highest BCUT2D eigenvalue weighted by Gasteiger charge is 2.47. The van der Waals surface area contributed by atoms with Gasteiger partial charge in [-0.2, -0.15) is 5.26 Å². The van der Waals surface area contributed by atoms with Gasteiger partial charge in [0.1, 0.15) is 17.6 Å². The summed E-state index contributed by atoms with van der Waals surface area (Å²) >= 11 is 1.40. The Labute approximate surface area is 202 Å². The number of amides is 1. The van der Waals surface area contributed by atoms with E-state index in [-0.39, 0.29) is 11.3 Å². The van der Waals surface area contributed by atoms with Crippen molar-refractivity contribution in [3.63, 3.8) is 0 Å². The first kappa shape index (κ1) is 23.3. The molecule has 3 aromatic rings. The number of aryl methyl sites for hydroxylation is 1. The van der Waals surface area contributed by atoms with Crippen molar-refractivity contribution >= 4 is 34.5 Å². The van der Waals surface area contributed by atoms with Gasteiger partial charge >= 0.3 is 0 Å². The van der Waals surface area contributed by atoms with Crippen molar-refractivity contribution < 1.29 is 19.4 Å². The number of anilines is 1. The Hall–Kier alpha value is -3.89. The molecule has 2 heterocycles. The van der Waals surface area contributed by atoms with Crippen LogP contribution in [0.1, 0.15) is 41.5 Å². The molecule has 1 aliphatic rings. The number of carbonyl (C=O) groups is 2. The molecule has 6 nitrogen and oxygen atoms in total. The number of aliphatic hydroxyl groups is 1. The summed E-state index contributed by atoms with van der Waals surface area (Å²) in [4.78, 5) is 28.4. The molecule has 1 aromatic heterocycles. The predicted octanol–water partition coefficient (Wildman–Crippen LogP) is 5.59. The normalized spacial score (nSPS) is 17.3. The summed E-state index contributed by atoms with van der Waals surface area (Å²) in [5.41, 5.74) is 2.22. The molecule has 7 heteroatoms. The molecule has 0 spiro atoms. The van der Waals surface area contributed by atoms with Crippen LogP contribution in [-0.4, -0.2) is 23.4 Å². The van der Waals surface area contributed by atoms with Gasteiger partial charge in [0.2, 0.25) is 0 Å². The molecule has 34 heavy (non-hydrogen) atoms. The lowest BCUT2D eigenvalue weighted by atomic mass is 9.98. The fourth-order valence-electron chi connectivity index (χ4n) is 3.88. The van der Waals surface area contributed by atoms with Gasteiger partial charge in [-0.05, 0) is 72.3 Å². The monoisotopic (exact) mass is 472 g/mol. The van der Waals surface area contributed by atoms with Gasteiger partial charge in [-0.1, -0.05) is 19.9 Å². The number of nitriles is 1. The van der Waals surface area contributed by atoms with E-state index in [1.807, 2.05) is 30.5 Å². The third-order valence-electron chi connectivity index (χ3n) is 5.55. The van der Waals surface area contributed by atoms with E-state index < -0.39 is 17.7 Å². The van der Waals surface area contributed by atoms with Gasteiger partial charge in [0, 0.05) is 16.1 Å². The fraction of sp³-hybridized carbons (Fsp3) is 0.222. The van der Waals surface area contributed by atoms with Crippen LogP contribution in [-0.2, 0) is 9.59 Å². The molecule has 0 radical (unpaired) electrons. The van der Waals surface area contributed by atoms with Crippen LogP contribution in [0.25, 0.3) is 5.76 Å². The number of nitrogens with zero attached hydrogens (tertiary/aromatic N) is 2. The molecule has 1 fully saturated rings. The average Bonchev–Trinajstić information content (AvgIpc) is 3.45. The van der Waals surface area contributed by atoms with Crippen molar-refractivity contribution in [2.45, 2.75) is 26.8 Å². The Bertz CT molecular complexity index is 1300. The van der Waals surface area contributed by atoms with Crippen LogP contribution < -0.4 is 9.64 Å². The van der Waals surface area contributed by atoms with Crippen molar-refractivity contribution in [1.29, 1.82) is 5.26 Å². The first-order valence-electron chi connectivity index (χ1n) is 10.9. The summed E-state index contributed by atoms with van der Waals surface area (Å²) in [6, 6.07) is 16.6. The third-order valence-corrected chi connectivity index (χ3v) is 6.48. The number of benzene rings is 2. The van der Waals surface area contributed by atoms with Crippen molar-refractivity contribution in [2.24, 2.45) is 5.92 Å². The molecule has 1 atom stereocenters. The summed E-state index contributed by atoms with van der Waals surface area (Å²) < 4.78 is 5.82. The number of Topliss-reactive ketones (excluding diaryl/α,β-unsaturated/α-hetero) is 1. The summed E-state index contributed by atoms with van der Waals surface area (Å²) in [5.74, 6) is -0.628. The van der Waals surface area contributed by atoms with Crippen LogP contribution in [0.4, 0.5) is 5.69 Å². The molecule has 172 valence electrons. The maximum Gasteiger partial charge on any atom is 0.300 e. The second kappa shape index (κ2) is 9.54. The van der Waals surface area contributed by atoms with Crippen molar-refractivity contribution in [2.75, 3.05) is 11.5 Å². The second-order valence-corrected chi connectivity index (χ2v) is 9.51. The number of aliphatic hydroxyl groups excluding tert-OH is 1. The smallest absolute Gasteiger partial charge is 0.300 e. The lowest BCUT2D eigenvalue weighted by Crippen LogP contribution is -2.29. The number of rotatable bonds is 6. The van der Waals surface area contributed by atoms with Crippen LogP contribution in [0.2, 0.25) is 0 Å². The molecule has 1 N–H and O–H groups in total. The van der Waals surface area contributed by atoms with Gasteiger partial charge in [0.05, 0.1) is 23.8 Å². The van der Waals surface area contributed by atoms with E-state index in [1.54, 1.807) is 42.5 Å². The van der Waals surface area contributed by atoms with Crippen molar-refractivity contribution in [3.8, 4) is 11.8 Å². The van der Waals surface area contributed by atoms with E-state index in [9.17, 15) is 14.7 Å². The number of hydrogen-bond donors (Lipinski definition) is 1. The average molecular weight is 473 g/mol. The Morgan fingerprint density at radius 2 is 1.91 bits per heavy atom. The molecule has 1 saturated heterocycles. The lowest BCUT2D eigenvalue weighted by Gasteiger charge is -2.24. The molecule has 2 aromatic carbocycles. The van der Waals surface area contributed by atoms with Crippen LogP contribution in [0.15, 0.2) is 65.6 Å². The molecule has 1 aliphatic heterocycles. The minimum Gasteiger partial charge on any atom is -0.507 e. The standard InChI is InChI=1S/C27H24N2O4S/c1-16(2)15-33-21-11-8-19(13-17(21)3)25(30)23-24(22-5-4-12-34-22)29(27(32)26(23)31)20-9-6-18(14-28)7-10-20/h4-13,16,24,30H,15H2,1-3H3/b25-23-. The van der Waals surface area contributed by atoms with E-state index in [1.165, 1.54) is 16.2 Å². The van der Waals surface area contributed by atoms with Crippen LogP contribution in [0.3, 0.4) is 0 Å². The first-order chi connectivity index (χ1) is 16.3. The van der Waals surface area contributed by atoms with E-state index in [2.05, 4.69) is 13.8 Å². The molecule has 4 rings (SSSR count). The quantitative estimate of drug-likeness (QED) is 0.287. The first-order valence-corrected chi connectivity index (χ1v) is 11.8. The summed E-state index contributed by atoms with van der Waals surface area (Å²) in [6.07, 6.45) is 0. The molecule has 1 amide bonds. The highest BCUT2D eigenvalue weighted by atomic mass is 32.1. The highest BCUT2D eigenvalue weighted by molar-refractivity contribution is 7.10. The largest absolute Gasteiger partial charge is 0.507 e. The molecule has 0 aliphatic carbocycles. The van der Waals surface area contributed by atoms with E-state index in [0.717, 1.165) is 10.4 Å². The van der Waals surface area contributed by atoms with E-state index >= 15 is 0 Å². The van der Waals surface area contributed by atoms with Gasteiger partial charge in [-0.25, -0.2) is 0 Å². The predicted molar refractivity (Wildman–Crippen MR) is 132 cm³/mol. The Balaban J connectivity index is 1.80. The van der Waals surface area contributed by atoms with E-state index in [4.69, 9.17) is 10.00 Å². The van der Waals surface area contributed by atoms with Crippen LogP contribution in [0, 0.1) is 24.2 Å². The fourth-order valence-corrected chi connectivity index (χ4v) is 4.71. The summed E-state index contributed by atoms with van der Waals surface area (Å²) in [5, 5.41) is 22.2. The lowest BCUT2D eigenvalue weighted by molar-refractivity contribution is -0.132. The maximum absolute atomic E-state index is 13.2. The van der Waals surface area contributed by atoms with Crippen LogP contribution in [0.5, 0.6) is 5.75 Å². The van der Waals surface area contributed by atoms with Crippen molar-refractivity contribution in [1.82, 2.24) is 0 Å². The SMILES string of the molecule is Cc1cc(/C(O)=C2/C(=O)C(=O)N(c3ccc(C#N)cc3)C2c2cccs2)ccc1OCC(C)C. The summed E-state index contributed by atoms with van der Waals surface area (Å²) in [7, 11) is 0. The second-order valence-electron chi connectivity index (χ2n) is 8.53. The highest BCUT2D eigenvalue weighted by Crippen LogP contribution is 2.43. The minimum atomic E-state index is -0.773. The zero-order valence-corrected chi connectivity index (χ0v) is 19.9. The zero-order chi connectivity index (χ0) is 24.4. The minimum absolute atomic E-state index is 0.0343. The van der Waals surface area contributed by atoms with Gasteiger partial charge < -0.3 is 9.84 Å². The van der Waals surface area contributed by atoms with Crippen molar-refractivity contribution in [3.05, 3.63) is 87.1 Å². The molecule has 1 unspecified atom stereocenters. The zero-order valence-electron chi connectivity index (χ0n) is 19.1. The number of thiophene rings is 1. The summed E-state index contributed by atoms with van der Waals surface area (Å²) in [6.45, 7) is 6.57. The van der Waals surface area contributed by atoms with Crippen LogP contribution >= 0.6 is 11.3 Å².